The van der Waals surface area contributed by atoms with Crippen molar-refractivity contribution in [3.8, 4) is 0 Å². The first-order valence-corrected chi connectivity index (χ1v) is 5.65. The zero-order valence-corrected chi connectivity index (χ0v) is 10.3. The Balaban J connectivity index is 2.01. The van der Waals surface area contributed by atoms with Crippen LogP contribution in [-0.4, -0.2) is 26.2 Å². The van der Waals surface area contributed by atoms with Crippen LogP contribution >= 0.6 is 0 Å². The predicted octanol–water partition coefficient (Wildman–Crippen LogP) is 1.17. The van der Waals surface area contributed by atoms with Crippen molar-refractivity contribution >= 4 is 11.7 Å². The van der Waals surface area contributed by atoms with E-state index in [9.17, 15) is 14.9 Å². The van der Waals surface area contributed by atoms with E-state index in [0.29, 0.717) is 5.56 Å². The molecule has 2 rings (SSSR count). The van der Waals surface area contributed by atoms with Crippen LogP contribution in [0.15, 0.2) is 30.5 Å². The Labute approximate surface area is 113 Å². The van der Waals surface area contributed by atoms with E-state index in [-0.39, 0.29) is 18.9 Å². The molecule has 0 spiro atoms. The molecule has 2 N–H and O–H groups in total. The number of aliphatic hydroxyl groups is 1. The largest absolute Gasteiger partial charge is 0.456 e. The number of carbonyl (C=O) groups excluding carboxylic acids is 1. The third-order valence-corrected chi connectivity index (χ3v) is 2.60. The van der Waals surface area contributed by atoms with Crippen molar-refractivity contribution in [2.45, 2.75) is 13.2 Å². The Morgan fingerprint density at radius 2 is 2.00 bits per heavy atom. The lowest BCUT2D eigenvalue weighted by Crippen LogP contribution is -2.08. The van der Waals surface area contributed by atoms with Gasteiger partial charge >= 0.3 is 11.7 Å². The summed E-state index contributed by atoms with van der Waals surface area (Å²) in [6.07, 6.45) is 0.951. The van der Waals surface area contributed by atoms with Crippen molar-refractivity contribution in [1.29, 1.82) is 0 Å². The van der Waals surface area contributed by atoms with Gasteiger partial charge in [0.2, 0.25) is 5.69 Å². The van der Waals surface area contributed by atoms with Gasteiger partial charge in [0, 0.05) is 0 Å². The third kappa shape index (κ3) is 2.98. The fraction of sp³-hybridized carbons (Fsp3) is 0.167. The van der Waals surface area contributed by atoms with Gasteiger partial charge in [-0.1, -0.05) is 24.3 Å². The van der Waals surface area contributed by atoms with Crippen LogP contribution in [0.4, 0.5) is 5.69 Å². The second-order valence-electron chi connectivity index (χ2n) is 3.94. The molecule has 0 unspecified atom stereocenters. The highest BCUT2D eigenvalue weighted by Gasteiger charge is 2.23. The van der Waals surface area contributed by atoms with Gasteiger partial charge < -0.3 is 9.84 Å². The number of hydrogen-bond acceptors (Lipinski definition) is 6. The lowest BCUT2D eigenvalue weighted by atomic mass is 10.1. The van der Waals surface area contributed by atoms with Gasteiger partial charge in [-0.3, -0.25) is 15.2 Å². The minimum absolute atomic E-state index is 0.0271. The highest BCUT2D eigenvalue weighted by atomic mass is 16.6. The summed E-state index contributed by atoms with van der Waals surface area (Å²) >= 11 is 0. The van der Waals surface area contributed by atoms with E-state index in [1.807, 2.05) is 0 Å². The van der Waals surface area contributed by atoms with E-state index in [4.69, 9.17) is 9.84 Å². The van der Waals surface area contributed by atoms with Crippen molar-refractivity contribution in [3.05, 3.63) is 57.4 Å². The monoisotopic (exact) mass is 277 g/mol. The van der Waals surface area contributed by atoms with Crippen LogP contribution in [-0.2, 0) is 18.0 Å². The van der Waals surface area contributed by atoms with Gasteiger partial charge in [0.05, 0.1) is 11.5 Å². The third-order valence-electron chi connectivity index (χ3n) is 2.60. The summed E-state index contributed by atoms with van der Waals surface area (Å²) in [5.41, 5.74) is 0.731. The molecule has 8 nitrogen and oxygen atoms in total. The SMILES string of the molecule is O=C(OCc1ccc(CO)cc1)c1[nH]ncc1[N+](=O)[O-]. The van der Waals surface area contributed by atoms with Crippen molar-refractivity contribution in [3.63, 3.8) is 0 Å². The number of ether oxygens (including phenoxy) is 1. The molecule has 8 heteroatoms. The van der Waals surface area contributed by atoms with Gasteiger partial charge in [-0.2, -0.15) is 5.10 Å². The molecule has 1 aromatic heterocycles. The average molecular weight is 277 g/mol. The molecular formula is C12H11N3O5. The second-order valence-corrected chi connectivity index (χ2v) is 3.94. The Kier molecular flexibility index (Phi) is 4.06. The molecule has 1 heterocycles. The molecular weight excluding hydrogens is 266 g/mol. The van der Waals surface area contributed by atoms with Crippen LogP contribution in [0, 0.1) is 10.1 Å². The highest BCUT2D eigenvalue weighted by molar-refractivity contribution is 5.91. The predicted molar refractivity (Wildman–Crippen MR) is 66.7 cm³/mol. The van der Waals surface area contributed by atoms with Gasteiger partial charge in [-0.25, -0.2) is 4.79 Å². The summed E-state index contributed by atoms with van der Waals surface area (Å²) in [7, 11) is 0. The number of aromatic amines is 1. The van der Waals surface area contributed by atoms with E-state index < -0.39 is 16.6 Å². The molecule has 0 atom stereocenters. The van der Waals surface area contributed by atoms with E-state index in [1.165, 1.54) is 0 Å². The molecule has 0 fully saturated rings. The summed E-state index contributed by atoms with van der Waals surface area (Å²) in [6.45, 7) is -0.0961. The number of rotatable bonds is 5. The maximum atomic E-state index is 11.7. The van der Waals surface area contributed by atoms with Gasteiger partial charge in [-0.15, -0.1) is 0 Å². The number of nitrogens with zero attached hydrogens (tertiary/aromatic N) is 2. The molecule has 104 valence electrons. The summed E-state index contributed by atoms with van der Waals surface area (Å²) in [5, 5.41) is 25.2. The fourth-order valence-corrected chi connectivity index (χ4v) is 1.53. The number of H-pyrrole nitrogens is 1. The molecule has 2 aromatic rings. The number of benzene rings is 1. The van der Waals surface area contributed by atoms with Crippen molar-refractivity contribution in [2.75, 3.05) is 0 Å². The van der Waals surface area contributed by atoms with E-state index in [0.717, 1.165) is 11.8 Å². The number of nitro groups is 1. The fourth-order valence-electron chi connectivity index (χ4n) is 1.53. The van der Waals surface area contributed by atoms with Crippen LogP contribution in [0.1, 0.15) is 21.6 Å². The van der Waals surface area contributed by atoms with Crippen LogP contribution < -0.4 is 0 Å². The molecule has 0 amide bonds. The maximum absolute atomic E-state index is 11.7. The Morgan fingerprint density at radius 3 is 2.60 bits per heavy atom. The molecule has 0 bridgehead atoms. The maximum Gasteiger partial charge on any atom is 0.363 e. The number of aromatic nitrogens is 2. The average Bonchev–Trinajstić information content (AvgIpc) is 2.95. The molecule has 0 aliphatic heterocycles. The quantitative estimate of drug-likeness (QED) is 0.481. The van der Waals surface area contributed by atoms with E-state index in [2.05, 4.69) is 10.2 Å². The number of nitrogens with one attached hydrogen (secondary N) is 1. The smallest absolute Gasteiger partial charge is 0.363 e. The van der Waals surface area contributed by atoms with Crippen LogP contribution in [0.5, 0.6) is 0 Å². The Morgan fingerprint density at radius 1 is 1.35 bits per heavy atom. The number of aliphatic hydroxyl groups excluding tert-OH is 1. The Bertz CT molecular complexity index is 620. The van der Waals surface area contributed by atoms with Gasteiger partial charge in [0.25, 0.3) is 0 Å². The van der Waals surface area contributed by atoms with Gasteiger partial charge in [0.15, 0.2) is 0 Å². The zero-order chi connectivity index (χ0) is 14.5. The van der Waals surface area contributed by atoms with Crippen LogP contribution in [0.25, 0.3) is 0 Å². The zero-order valence-electron chi connectivity index (χ0n) is 10.3. The molecule has 0 aliphatic carbocycles. The lowest BCUT2D eigenvalue weighted by molar-refractivity contribution is -0.385. The van der Waals surface area contributed by atoms with Gasteiger partial charge in [-0.05, 0) is 11.1 Å². The molecule has 0 aliphatic rings. The molecule has 0 saturated carbocycles. The minimum Gasteiger partial charge on any atom is -0.456 e. The summed E-state index contributed by atoms with van der Waals surface area (Å²) < 4.78 is 4.96. The first-order chi connectivity index (χ1) is 9.61. The van der Waals surface area contributed by atoms with Crippen molar-refractivity contribution in [1.82, 2.24) is 10.2 Å². The Hall–Kier alpha value is -2.74. The number of carbonyl (C=O) groups is 1. The van der Waals surface area contributed by atoms with E-state index in [1.54, 1.807) is 24.3 Å². The van der Waals surface area contributed by atoms with Crippen molar-refractivity contribution < 1.29 is 19.6 Å². The first-order valence-electron chi connectivity index (χ1n) is 5.65. The van der Waals surface area contributed by atoms with Gasteiger partial charge in [0.1, 0.15) is 12.8 Å². The number of esters is 1. The first kappa shape index (κ1) is 13.7. The second kappa shape index (κ2) is 5.93. The highest BCUT2D eigenvalue weighted by Crippen LogP contribution is 2.16. The molecule has 0 saturated heterocycles. The topological polar surface area (TPSA) is 118 Å². The van der Waals surface area contributed by atoms with E-state index >= 15 is 0 Å². The number of hydrogen-bond donors (Lipinski definition) is 2. The summed E-state index contributed by atoms with van der Waals surface area (Å²) in [4.78, 5) is 21.6. The van der Waals surface area contributed by atoms with Crippen LogP contribution in [0.3, 0.4) is 0 Å². The van der Waals surface area contributed by atoms with Crippen molar-refractivity contribution in [2.24, 2.45) is 0 Å². The normalized spacial score (nSPS) is 10.2. The molecule has 20 heavy (non-hydrogen) atoms. The minimum atomic E-state index is -0.847. The summed E-state index contributed by atoms with van der Waals surface area (Å²) in [6, 6.07) is 6.78. The summed E-state index contributed by atoms with van der Waals surface area (Å²) in [5.74, 6) is -0.847. The molecule has 0 radical (unpaired) electrons. The standard InChI is InChI=1S/C12H11N3O5/c16-6-8-1-3-9(4-2-8)7-20-12(17)11-10(15(18)19)5-13-14-11/h1-5,16H,6-7H2,(H,13,14). The van der Waals surface area contributed by atoms with Crippen LogP contribution in [0.2, 0.25) is 0 Å². The molecule has 1 aromatic carbocycles. The lowest BCUT2D eigenvalue weighted by Gasteiger charge is -2.04.